The Morgan fingerprint density at radius 2 is 1.95 bits per heavy atom. The van der Waals surface area contributed by atoms with Crippen LogP contribution in [0.2, 0.25) is 0 Å². The number of benzene rings is 1. The number of nitriles is 1. The largest absolute Gasteiger partial charge is 0.487 e. The van der Waals surface area contributed by atoms with Gasteiger partial charge >= 0.3 is 0 Å². The fraction of sp³-hybridized carbons (Fsp3) is 0.500. The van der Waals surface area contributed by atoms with Crippen LogP contribution in [-0.2, 0) is 6.42 Å². The molecule has 0 spiro atoms. The number of rotatable bonds is 6. The van der Waals surface area contributed by atoms with Gasteiger partial charge < -0.3 is 10.5 Å². The zero-order valence-electron chi connectivity index (χ0n) is 10.6. The van der Waals surface area contributed by atoms with Gasteiger partial charge in [-0.25, -0.2) is 8.78 Å². The third-order valence-electron chi connectivity index (χ3n) is 3.42. The Bertz CT molecular complexity index is 484. The number of nitrogens with two attached hydrogens (primary N) is 1. The van der Waals surface area contributed by atoms with Gasteiger partial charge in [0.15, 0.2) is 17.4 Å². The van der Waals surface area contributed by atoms with E-state index in [0.717, 1.165) is 12.8 Å². The van der Waals surface area contributed by atoms with Crippen molar-refractivity contribution in [1.82, 2.24) is 0 Å². The highest BCUT2D eigenvalue weighted by Crippen LogP contribution is 2.48. The molecule has 2 rings (SSSR count). The molecule has 0 atom stereocenters. The number of hydrogen-bond acceptors (Lipinski definition) is 3. The Labute approximate surface area is 111 Å². The van der Waals surface area contributed by atoms with Crippen LogP contribution in [0.4, 0.5) is 8.78 Å². The Balaban J connectivity index is 2.07. The summed E-state index contributed by atoms with van der Waals surface area (Å²) in [7, 11) is 0. The monoisotopic (exact) mass is 266 g/mol. The second-order valence-corrected chi connectivity index (χ2v) is 5.05. The molecule has 1 fully saturated rings. The Hall–Kier alpha value is -1.67. The van der Waals surface area contributed by atoms with Gasteiger partial charge in [0.2, 0.25) is 0 Å². The molecule has 0 aliphatic heterocycles. The molecular formula is C14H16F2N2O. The molecule has 5 heteroatoms. The van der Waals surface area contributed by atoms with Gasteiger partial charge in [-0.2, -0.15) is 5.26 Å². The minimum atomic E-state index is -0.712. The van der Waals surface area contributed by atoms with Crippen LogP contribution < -0.4 is 10.5 Å². The van der Waals surface area contributed by atoms with Crippen molar-refractivity contribution in [3.8, 4) is 11.8 Å². The van der Waals surface area contributed by atoms with E-state index in [2.05, 4.69) is 6.07 Å². The first-order valence-electron chi connectivity index (χ1n) is 6.28. The minimum absolute atomic E-state index is 0.185. The number of nitrogens with zero attached hydrogens (tertiary/aromatic N) is 1. The highest BCUT2D eigenvalue weighted by molar-refractivity contribution is 5.31. The topological polar surface area (TPSA) is 59.0 Å². The van der Waals surface area contributed by atoms with Gasteiger partial charge in [-0.1, -0.05) is 0 Å². The molecule has 1 aromatic rings. The van der Waals surface area contributed by atoms with Gasteiger partial charge in [-0.15, -0.1) is 0 Å². The van der Waals surface area contributed by atoms with Gasteiger partial charge in [0.05, 0.1) is 12.7 Å². The van der Waals surface area contributed by atoms with E-state index in [4.69, 9.17) is 15.7 Å². The zero-order valence-corrected chi connectivity index (χ0v) is 10.6. The molecule has 0 radical (unpaired) electrons. The zero-order chi connectivity index (χ0) is 13.9. The van der Waals surface area contributed by atoms with E-state index in [-0.39, 0.29) is 17.8 Å². The standard InChI is InChI=1S/C14H16F2N2O/c15-11-7-10(1-5-17)8-12(16)13(11)19-9-14(2-3-14)4-6-18/h7-8H,1-5,9,17H2. The second kappa shape index (κ2) is 5.54. The molecule has 0 saturated heterocycles. The maximum Gasteiger partial charge on any atom is 0.190 e. The Morgan fingerprint density at radius 1 is 1.32 bits per heavy atom. The third kappa shape index (κ3) is 3.21. The van der Waals surface area contributed by atoms with E-state index in [0.29, 0.717) is 24.9 Å². The van der Waals surface area contributed by atoms with Crippen LogP contribution in [0.5, 0.6) is 5.75 Å². The molecule has 0 amide bonds. The van der Waals surface area contributed by atoms with Crippen molar-refractivity contribution in [3.05, 3.63) is 29.3 Å². The lowest BCUT2D eigenvalue weighted by atomic mass is 10.1. The average Bonchev–Trinajstić information content (AvgIpc) is 3.09. The van der Waals surface area contributed by atoms with Crippen molar-refractivity contribution in [1.29, 1.82) is 5.26 Å². The summed E-state index contributed by atoms with van der Waals surface area (Å²) < 4.78 is 32.7. The lowest BCUT2D eigenvalue weighted by Gasteiger charge is -2.14. The Morgan fingerprint density at radius 3 is 2.42 bits per heavy atom. The predicted molar refractivity (Wildman–Crippen MR) is 66.5 cm³/mol. The fourth-order valence-electron chi connectivity index (χ4n) is 2.00. The molecule has 1 aromatic carbocycles. The van der Waals surface area contributed by atoms with E-state index in [1.807, 2.05) is 0 Å². The van der Waals surface area contributed by atoms with E-state index < -0.39 is 11.6 Å². The van der Waals surface area contributed by atoms with Crippen molar-refractivity contribution in [2.75, 3.05) is 13.2 Å². The number of halogens is 2. The molecule has 19 heavy (non-hydrogen) atoms. The van der Waals surface area contributed by atoms with Crippen LogP contribution in [-0.4, -0.2) is 13.2 Å². The molecular weight excluding hydrogens is 250 g/mol. The van der Waals surface area contributed by atoms with E-state index >= 15 is 0 Å². The predicted octanol–water partition coefficient (Wildman–Crippen LogP) is 2.54. The van der Waals surface area contributed by atoms with Gasteiger partial charge in [-0.05, 0) is 43.5 Å². The second-order valence-electron chi connectivity index (χ2n) is 5.05. The summed E-state index contributed by atoms with van der Waals surface area (Å²) in [5.74, 6) is -1.78. The molecule has 0 bridgehead atoms. The molecule has 0 heterocycles. The first-order chi connectivity index (χ1) is 9.10. The summed E-state index contributed by atoms with van der Waals surface area (Å²) in [5.41, 5.74) is 5.66. The van der Waals surface area contributed by atoms with E-state index in [1.54, 1.807) is 0 Å². The maximum atomic E-state index is 13.7. The minimum Gasteiger partial charge on any atom is -0.487 e. The fourth-order valence-corrected chi connectivity index (χ4v) is 2.00. The highest BCUT2D eigenvalue weighted by Gasteiger charge is 2.43. The number of hydrogen-bond donors (Lipinski definition) is 1. The summed E-state index contributed by atoms with van der Waals surface area (Å²) in [6.45, 7) is 0.523. The molecule has 2 N–H and O–H groups in total. The first-order valence-corrected chi connectivity index (χ1v) is 6.28. The van der Waals surface area contributed by atoms with Crippen molar-refractivity contribution in [3.63, 3.8) is 0 Å². The lowest BCUT2D eigenvalue weighted by Crippen LogP contribution is -2.14. The molecule has 0 aromatic heterocycles. The molecule has 1 aliphatic rings. The summed E-state index contributed by atoms with van der Waals surface area (Å²) >= 11 is 0. The van der Waals surface area contributed by atoms with E-state index in [1.165, 1.54) is 12.1 Å². The number of ether oxygens (including phenoxy) is 1. The maximum absolute atomic E-state index is 13.7. The highest BCUT2D eigenvalue weighted by atomic mass is 19.1. The van der Waals surface area contributed by atoms with Crippen LogP contribution >= 0.6 is 0 Å². The molecule has 1 saturated carbocycles. The average molecular weight is 266 g/mol. The lowest BCUT2D eigenvalue weighted by molar-refractivity contribution is 0.218. The molecule has 1 aliphatic carbocycles. The Kier molecular flexibility index (Phi) is 4.01. The summed E-state index contributed by atoms with van der Waals surface area (Å²) in [6.07, 6.45) is 2.53. The van der Waals surface area contributed by atoms with Crippen molar-refractivity contribution in [2.24, 2.45) is 11.1 Å². The van der Waals surface area contributed by atoms with Crippen LogP contribution in [0.15, 0.2) is 12.1 Å². The molecule has 3 nitrogen and oxygen atoms in total. The summed E-state index contributed by atoms with van der Waals surface area (Å²) in [4.78, 5) is 0. The van der Waals surface area contributed by atoms with Gasteiger partial charge in [0.25, 0.3) is 0 Å². The smallest absolute Gasteiger partial charge is 0.190 e. The van der Waals surface area contributed by atoms with Gasteiger partial charge in [0.1, 0.15) is 0 Å². The van der Waals surface area contributed by atoms with Crippen molar-refractivity contribution < 1.29 is 13.5 Å². The van der Waals surface area contributed by atoms with Gasteiger partial charge in [-0.3, -0.25) is 0 Å². The van der Waals surface area contributed by atoms with Crippen LogP contribution in [0.1, 0.15) is 24.8 Å². The molecule has 102 valence electrons. The summed E-state index contributed by atoms with van der Waals surface area (Å²) in [5, 5.41) is 8.68. The van der Waals surface area contributed by atoms with Crippen LogP contribution in [0, 0.1) is 28.4 Å². The van der Waals surface area contributed by atoms with E-state index in [9.17, 15) is 8.78 Å². The SMILES string of the molecule is N#CCC1(COc2c(F)cc(CCN)cc2F)CC1. The van der Waals surface area contributed by atoms with Crippen LogP contribution in [0.3, 0.4) is 0 Å². The first kappa shape index (κ1) is 13.8. The summed E-state index contributed by atoms with van der Waals surface area (Å²) in [6, 6.07) is 4.57. The van der Waals surface area contributed by atoms with Crippen molar-refractivity contribution >= 4 is 0 Å². The normalized spacial score (nSPS) is 15.9. The quantitative estimate of drug-likeness (QED) is 0.860. The third-order valence-corrected chi connectivity index (χ3v) is 3.42. The van der Waals surface area contributed by atoms with Crippen LogP contribution in [0.25, 0.3) is 0 Å². The van der Waals surface area contributed by atoms with Crippen molar-refractivity contribution in [2.45, 2.75) is 25.7 Å². The van der Waals surface area contributed by atoms with Gasteiger partial charge in [0, 0.05) is 11.8 Å². The molecule has 0 unspecified atom stereocenters.